The van der Waals surface area contributed by atoms with Crippen molar-refractivity contribution in [2.24, 2.45) is 0 Å². The second-order valence-electron chi connectivity index (χ2n) is 8.24. The van der Waals surface area contributed by atoms with Crippen molar-refractivity contribution in [3.05, 3.63) is 95.0 Å². The number of amides is 2. The minimum absolute atomic E-state index is 0.0847. The van der Waals surface area contributed by atoms with Crippen molar-refractivity contribution in [3.8, 4) is 0 Å². The third-order valence-corrected chi connectivity index (χ3v) is 7.59. The SMILES string of the molecule is CC(C)OC(=O)c1ccc(N2C(=O)C(NS(=O)(=O)c3ccc(N)cc3)=C(Sc3ccccc3)C2=O)cc1. The Morgan fingerprint density at radius 2 is 1.54 bits per heavy atom. The highest BCUT2D eigenvalue weighted by Gasteiger charge is 2.42. The Bertz CT molecular complexity index is 1480. The van der Waals surface area contributed by atoms with Gasteiger partial charge in [-0.15, -0.1) is 0 Å². The van der Waals surface area contributed by atoms with E-state index < -0.39 is 27.8 Å². The first kappa shape index (κ1) is 26.0. The summed E-state index contributed by atoms with van der Waals surface area (Å²) >= 11 is 0.969. The van der Waals surface area contributed by atoms with Crippen LogP contribution in [0.3, 0.4) is 0 Å². The van der Waals surface area contributed by atoms with Crippen LogP contribution in [0.5, 0.6) is 0 Å². The molecule has 0 unspecified atom stereocenters. The molecule has 4 rings (SSSR count). The molecule has 11 heteroatoms. The topological polar surface area (TPSA) is 136 Å². The second-order valence-corrected chi connectivity index (χ2v) is 11.0. The molecular formula is C26H23N3O6S2. The monoisotopic (exact) mass is 537 g/mol. The number of sulfonamides is 1. The molecule has 37 heavy (non-hydrogen) atoms. The molecule has 1 aliphatic rings. The predicted octanol–water partition coefficient (Wildman–Crippen LogP) is 3.69. The largest absolute Gasteiger partial charge is 0.459 e. The fraction of sp³-hybridized carbons (Fsp3) is 0.115. The molecule has 0 aliphatic carbocycles. The van der Waals surface area contributed by atoms with E-state index in [1.54, 1.807) is 44.2 Å². The summed E-state index contributed by atoms with van der Waals surface area (Å²) in [5, 5.41) is 0. The van der Waals surface area contributed by atoms with Gasteiger partial charge in [0, 0.05) is 10.6 Å². The van der Waals surface area contributed by atoms with E-state index >= 15 is 0 Å². The van der Waals surface area contributed by atoms with Gasteiger partial charge < -0.3 is 10.5 Å². The molecule has 1 aliphatic heterocycles. The molecule has 0 bridgehead atoms. The number of ether oxygens (including phenoxy) is 1. The maximum atomic E-state index is 13.4. The number of imide groups is 1. The van der Waals surface area contributed by atoms with Gasteiger partial charge in [0.05, 0.1) is 22.3 Å². The minimum atomic E-state index is -4.21. The number of nitrogen functional groups attached to an aromatic ring is 1. The van der Waals surface area contributed by atoms with Crippen LogP contribution in [0.1, 0.15) is 24.2 Å². The summed E-state index contributed by atoms with van der Waals surface area (Å²) in [7, 11) is -4.21. The van der Waals surface area contributed by atoms with Crippen molar-refractivity contribution >= 4 is 50.9 Å². The first-order chi connectivity index (χ1) is 17.6. The van der Waals surface area contributed by atoms with Crippen LogP contribution in [0.2, 0.25) is 0 Å². The van der Waals surface area contributed by atoms with E-state index in [-0.39, 0.29) is 32.9 Å². The summed E-state index contributed by atoms with van der Waals surface area (Å²) in [5.74, 6) is -2.10. The Labute approximate surface area is 218 Å². The van der Waals surface area contributed by atoms with Crippen LogP contribution in [0.4, 0.5) is 11.4 Å². The smallest absolute Gasteiger partial charge is 0.338 e. The molecule has 2 amide bonds. The second kappa shape index (κ2) is 10.5. The van der Waals surface area contributed by atoms with E-state index in [0.29, 0.717) is 10.6 Å². The van der Waals surface area contributed by atoms with Gasteiger partial charge in [0.25, 0.3) is 21.8 Å². The standard InChI is InChI=1S/C26H23N3O6S2/c1-16(2)35-26(32)17-8-12-19(13-9-17)29-24(30)22(23(25(29)31)36-20-6-4-3-5-7-20)28-37(33,34)21-14-10-18(27)11-15-21/h3-16,28H,27H2,1-2H3. The Hall–Kier alpha value is -4.09. The van der Waals surface area contributed by atoms with Gasteiger partial charge in [-0.2, -0.15) is 0 Å². The van der Waals surface area contributed by atoms with E-state index in [1.807, 2.05) is 0 Å². The molecule has 0 saturated carbocycles. The quantitative estimate of drug-likeness (QED) is 0.252. The molecule has 0 aromatic heterocycles. The zero-order chi connectivity index (χ0) is 26.7. The number of anilines is 2. The lowest BCUT2D eigenvalue weighted by Gasteiger charge is -2.16. The normalized spacial score (nSPS) is 13.9. The highest BCUT2D eigenvalue weighted by Crippen LogP contribution is 2.37. The highest BCUT2D eigenvalue weighted by molar-refractivity contribution is 8.04. The maximum absolute atomic E-state index is 13.4. The molecule has 3 N–H and O–H groups in total. The summed E-state index contributed by atoms with van der Waals surface area (Å²) in [5.41, 5.74) is 6.07. The van der Waals surface area contributed by atoms with Crippen molar-refractivity contribution < 1.29 is 27.5 Å². The Balaban J connectivity index is 1.70. The Kier molecular flexibility index (Phi) is 7.37. The Morgan fingerprint density at radius 1 is 0.919 bits per heavy atom. The van der Waals surface area contributed by atoms with Crippen molar-refractivity contribution in [2.75, 3.05) is 10.6 Å². The maximum Gasteiger partial charge on any atom is 0.338 e. The average Bonchev–Trinajstić information content (AvgIpc) is 3.08. The molecular weight excluding hydrogens is 514 g/mol. The molecule has 0 spiro atoms. The van der Waals surface area contributed by atoms with Gasteiger partial charge in [-0.05, 0) is 74.5 Å². The van der Waals surface area contributed by atoms with Crippen LogP contribution in [0.15, 0.2) is 99.3 Å². The lowest BCUT2D eigenvalue weighted by atomic mass is 10.2. The van der Waals surface area contributed by atoms with Gasteiger partial charge in [0.15, 0.2) is 0 Å². The van der Waals surface area contributed by atoms with Crippen LogP contribution in [-0.2, 0) is 24.3 Å². The third kappa shape index (κ3) is 5.68. The highest BCUT2D eigenvalue weighted by atomic mass is 32.2. The van der Waals surface area contributed by atoms with E-state index in [0.717, 1.165) is 16.7 Å². The number of carbonyl (C=O) groups excluding carboxylic acids is 3. The van der Waals surface area contributed by atoms with E-state index in [9.17, 15) is 22.8 Å². The van der Waals surface area contributed by atoms with Crippen LogP contribution in [0.25, 0.3) is 0 Å². The number of benzene rings is 3. The van der Waals surface area contributed by atoms with Gasteiger partial charge >= 0.3 is 5.97 Å². The molecule has 0 saturated heterocycles. The molecule has 3 aromatic carbocycles. The van der Waals surface area contributed by atoms with Crippen LogP contribution in [-0.4, -0.2) is 32.3 Å². The number of rotatable bonds is 8. The molecule has 1 heterocycles. The summed E-state index contributed by atoms with van der Waals surface area (Å²) in [6.07, 6.45) is -0.313. The molecule has 9 nitrogen and oxygen atoms in total. The van der Waals surface area contributed by atoms with E-state index in [2.05, 4.69) is 4.72 Å². The predicted molar refractivity (Wildman–Crippen MR) is 140 cm³/mol. The molecule has 190 valence electrons. The summed E-state index contributed by atoms with van der Waals surface area (Å²) < 4.78 is 33.6. The molecule has 3 aromatic rings. The van der Waals surface area contributed by atoms with Gasteiger partial charge in [0.2, 0.25) is 0 Å². The van der Waals surface area contributed by atoms with E-state index in [1.165, 1.54) is 48.5 Å². The molecule has 0 fully saturated rings. The number of nitrogens with zero attached hydrogens (tertiary/aromatic N) is 1. The Morgan fingerprint density at radius 3 is 2.14 bits per heavy atom. The molecule has 0 atom stereocenters. The summed E-state index contributed by atoms with van der Waals surface area (Å²) in [6, 6.07) is 19.9. The van der Waals surface area contributed by atoms with Crippen LogP contribution >= 0.6 is 11.8 Å². The van der Waals surface area contributed by atoms with Crippen LogP contribution in [0, 0.1) is 0 Å². The number of hydrogen-bond donors (Lipinski definition) is 2. The zero-order valence-electron chi connectivity index (χ0n) is 19.9. The van der Waals surface area contributed by atoms with Crippen molar-refractivity contribution in [1.82, 2.24) is 4.72 Å². The van der Waals surface area contributed by atoms with Gasteiger partial charge in [-0.3, -0.25) is 14.3 Å². The number of esters is 1. The third-order valence-electron chi connectivity index (χ3n) is 5.14. The lowest BCUT2D eigenvalue weighted by molar-refractivity contribution is -0.120. The lowest BCUT2D eigenvalue weighted by Crippen LogP contribution is -2.35. The number of carbonyl (C=O) groups is 3. The average molecular weight is 538 g/mol. The van der Waals surface area contributed by atoms with E-state index in [4.69, 9.17) is 10.5 Å². The fourth-order valence-corrected chi connectivity index (χ4v) is 5.49. The minimum Gasteiger partial charge on any atom is -0.459 e. The van der Waals surface area contributed by atoms with Gasteiger partial charge in [0.1, 0.15) is 10.6 Å². The van der Waals surface area contributed by atoms with Crippen molar-refractivity contribution in [3.63, 3.8) is 0 Å². The number of thioether (sulfide) groups is 1. The first-order valence-corrected chi connectivity index (χ1v) is 13.4. The van der Waals surface area contributed by atoms with Crippen molar-refractivity contribution in [1.29, 1.82) is 0 Å². The molecule has 0 radical (unpaired) electrons. The van der Waals surface area contributed by atoms with Crippen molar-refractivity contribution in [2.45, 2.75) is 29.7 Å². The zero-order valence-corrected chi connectivity index (χ0v) is 21.5. The summed E-state index contributed by atoms with van der Waals surface area (Å²) in [6.45, 7) is 3.44. The number of nitrogens with two attached hydrogens (primary N) is 1. The fourth-order valence-electron chi connectivity index (χ4n) is 3.40. The first-order valence-electron chi connectivity index (χ1n) is 11.1. The number of hydrogen-bond acceptors (Lipinski definition) is 8. The van der Waals surface area contributed by atoms with Crippen LogP contribution < -0.4 is 15.4 Å². The summed E-state index contributed by atoms with van der Waals surface area (Å²) in [4.78, 5) is 40.4. The van der Waals surface area contributed by atoms with Gasteiger partial charge in [-0.25, -0.2) is 18.1 Å². The number of nitrogens with one attached hydrogen (secondary N) is 1. The van der Waals surface area contributed by atoms with Gasteiger partial charge in [-0.1, -0.05) is 30.0 Å².